The van der Waals surface area contributed by atoms with Gasteiger partial charge < -0.3 is 10.8 Å². The van der Waals surface area contributed by atoms with E-state index in [-0.39, 0.29) is 18.8 Å². The van der Waals surface area contributed by atoms with Crippen LogP contribution in [0.2, 0.25) is 0 Å². The Morgan fingerprint density at radius 1 is 1.42 bits per heavy atom. The van der Waals surface area contributed by atoms with Crippen LogP contribution in [0.15, 0.2) is 24.3 Å². The summed E-state index contributed by atoms with van der Waals surface area (Å²) in [6, 6.07) is 7.05. The van der Waals surface area contributed by atoms with E-state index in [4.69, 9.17) is 11.0 Å². The molecule has 0 amide bonds. The summed E-state index contributed by atoms with van der Waals surface area (Å²) in [5.41, 5.74) is 6.81. The van der Waals surface area contributed by atoms with Gasteiger partial charge in [0.25, 0.3) is 0 Å². The molecular formula is C18H25F2N3O. The summed E-state index contributed by atoms with van der Waals surface area (Å²) in [5.74, 6) is -0.275. The highest BCUT2D eigenvalue weighted by molar-refractivity contribution is 5.16. The van der Waals surface area contributed by atoms with Gasteiger partial charge in [-0.15, -0.1) is 0 Å². The molecule has 1 aliphatic rings. The van der Waals surface area contributed by atoms with Crippen LogP contribution in [0.5, 0.6) is 0 Å². The summed E-state index contributed by atoms with van der Waals surface area (Å²) < 4.78 is 26.5. The van der Waals surface area contributed by atoms with Crippen molar-refractivity contribution in [1.82, 2.24) is 4.90 Å². The van der Waals surface area contributed by atoms with Crippen molar-refractivity contribution in [2.24, 2.45) is 11.1 Å². The minimum Gasteiger partial charge on any atom is -0.377 e. The lowest BCUT2D eigenvalue weighted by Crippen LogP contribution is -2.55. The number of aliphatic hydroxyl groups is 1. The molecule has 0 radical (unpaired) electrons. The minimum atomic E-state index is -1.11. The molecule has 0 spiro atoms. The van der Waals surface area contributed by atoms with Crippen molar-refractivity contribution in [2.45, 2.75) is 57.6 Å². The molecule has 4 atom stereocenters. The van der Waals surface area contributed by atoms with E-state index in [0.717, 1.165) is 5.56 Å². The zero-order valence-corrected chi connectivity index (χ0v) is 14.1. The Morgan fingerprint density at radius 3 is 2.62 bits per heavy atom. The van der Waals surface area contributed by atoms with Crippen LogP contribution in [0.3, 0.4) is 0 Å². The van der Waals surface area contributed by atoms with E-state index in [1.165, 1.54) is 17.0 Å². The average molecular weight is 337 g/mol. The number of aliphatic hydroxyl groups excluding tert-OH is 1. The fraction of sp³-hybridized carbons (Fsp3) is 0.611. The van der Waals surface area contributed by atoms with Gasteiger partial charge in [0.2, 0.25) is 0 Å². The maximum absolute atomic E-state index is 13.6. The number of nitrogens with two attached hydrogens (primary N) is 1. The van der Waals surface area contributed by atoms with Gasteiger partial charge >= 0.3 is 0 Å². The topological polar surface area (TPSA) is 73.3 Å². The predicted octanol–water partition coefficient (Wildman–Crippen LogP) is 2.37. The molecule has 1 aliphatic heterocycles. The Balaban J connectivity index is 1.99. The van der Waals surface area contributed by atoms with E-state index in [9.17, 15) is 13.9 Å². The van der Waals surface area contributed by atoms with Crippen LogP contribution in [0, 0.1) is 22.6 Å². The molecular weight excluding hydrogens is 312 g/mol. The quantitative estimate of drug-likeness (QED) is 0.836. The summed E-state index contributed by atoms with van der Waals surface area (Å²) in [7, 11) is 0. The second-order valence-corrected chi connectivity index (χ2v) is 7.23. The fourth-order valence-electron chi connectivity index (χ4n) is 3.12. The van der Waals surface area contributed by atoms with Gasteiger partial charge in [-0.1, -0.05) is 26.0 Å². The van der Waals surface area contributed by atoms with E-state index in [1.54, 1.807) is 12.1 Å². The van der Waals surface area contributed by atoms with Crippen molar-refractivity contribution in [3.63, 3.8) is 0 Å². The van der Waals surface area contributed by atoms with Gasteiger partial charge in [-0.2, -0.15) is 5.26 Å². The number of hydrogen-bond donors (Lipinski definition) is 2. The predicted molar refractivity (Wildman–Crippen MR) is 88.1 cm³/mol. The van der Waals surface area contributed by atoms with E-state index < -0.39 is 29.9 Å². The van der Waals surface area contributed by atoms with E-state index >= 15 is 0 Å². The molecule has 0 aliphatic carbocycles. The second kappa shape index (κ2) is 7.56. The van der Waals surface area contributed by atoms with Crippen molar-refractivity contribution >= 4 is 0 Å². The number of benzene rings is 1. The van der Waals surface area contributed by atoms with Gasteiger partial charge in [-0.25, -0.2) is 8.78 Å². The molecule has 0 aromatic heterocycles. The smallest absolute Gasteiger partial charge is 0.124 e. The first-order valence-electron chi connectivity index (χ1n) is 8.22. The van der Waals surface area contributed by atoms with E-state index in [0.29, 0.717) is 12.8 Å². The molecule has 6 heteroatoms. The minimum absolute atomic E-state index is 0.0289. The number of likely N-dealkylation sites (tertiary alicyclic amines) is 1. The van der Waals surface area contributed by atoms with Crippen LogP contribution in [0.25, 0.3) is 0 Å². The highest BCUT2D eigenvalue weighted by Gasteiger charge is 2.42. The van der Waals surface area contributed by atoms with Crippen LogP contribution in [-0.2, 0) is 6.42 Å². The van der Waals surface area contributed by atoms with Gasteiger partial charge in [0.15, 0.2) is 0 Å². The van der Waals surface area contributed by atoms with Crippen LogP contribution >= 0.6 is 0 Å². The number of nitriles is 1. The molecule has 4 nitrogen and oxygen atoms in total. The molecule has 3 N–H and O–H groups in total. The van der Waals surface area contributed by atoms with Crippen LogP contribution in [0.4, 0.5) is 8.78 Å². The van der Waals surface area contributed by atoms with Gasteiger partial charge in [0.1, 0.15) is 24.3 Å². The molecule has 1 saturated heterocycles. The van der Waals surface area contributed by atoms with Gasteiger partial charge in [0, 0.05) is 19.0 Å². The second-order valence-electron chi connectivity index (χ2n) is 7.23. The first kappa shape index (κ1) is 18.8. The number of nitrogens with zero attached hydrogens (tertiary/aromatic N) is 2. The van der Waals surface area contributed by atoms with Crippen molar-refractivity contribution in [3.8, 4) is 6.07 Å². The maximum atomic E-state index is 13.6. The summed E-state index contributed by atoms with van der Waals surface area (Å²) in [6.07, 6.45) is -0.698. The molecule has 1 heterocycles. The summed E-state index contributed by atoms with van der Waals surface area (Å²) in [5, 5.41) is 19.7. The summed E-state index contributed by atoms with van der Waals surface area (Å²) in [6.45, 7) is 3.91. The Labute approximate surface area is 141 Å². The van der Waals surface area contributed by atoms with Crippen LogP contribution in [0.1, 0.15) is 32.3 Å². The fourth-order valence-corrected chi connectivity index (χ4v) is 3.12. The Kier molecular flexibility index (Phi) is 5.92. The van der Waals surface area contributed by atoms with Crippen molar-refractivity contribution in [2.75, 3.05) is 6.54 Å². The largest absolute Gasteiger partial charge is 0.377 e. The molecule has 0 bridgehead atoms. The number of alkyl halides is 1. The Bertz CT molecular complexity index is 585. The lowest BCUT2D eigenvalue weighted by molar-refractivity contribution is -0.0452. The zero-order chi connectivity index (χ0) is 17.9. The molecule has 132 valence electrons. The first-order valence-corrected chi connectivity index (χ1v) is 8.22. The van der Waals surface area contributed by atoms with Crippen molar-refractivity contribution in [3.05, 3.63) is 35.6 Å². The lowest BCUT2D eigenvalue weighted by atomic mass is 9.78. The number of hydrogen-bond acceptors (Lipinski definition) is 4. The molecule has 1 aromatic rings. The van der Waals surface area contributed by atoms with Gasteiger partial charge in [-0.3, -0.25) is 4.90 Å². The molecule has 0 saturated carbocycles. The third-order valence-electron chi connectivity index (χ3n) is 4.97. The standard InChI is InChI=1S/C18H25F2N3O/c1-18(2,8-7-12-3-5-13(19)6-4-12)16(22)17(24)23-11-14(20)9-15(23)10-21/h3-6,14-17,24H,7-9,11,22H2,1-2H3/t14-,15-,16+,17?/m0/s1. The molecule has 1 aromatic carbocycles. The van der Waals surface area contributed by atoms with Crippen molar-refractivity contribution in [1.29, 1.82) is 5.26 Å². The summed E-state index contributed by atoms with van der Waals surface area (Å²) in [4.78, 5) is 1.45. The third kappa shape index (κ3) is 4.29. The number of rotatable bonds is 6. The van der Waals surface area contributed by atoms with E-state index in [1.807, 2.05) is 19.9 Å². The molecule has 24 heavy (non-hydrogen) atoms. The van der Waals surface area contributed by atoms with Gasteiger partial charge in [0.05, 0.1) is 6.07 Å². The lowest BCUT2D eigenvalue weighted by Gasteiger charge is -2.39. The molecule has 1 fully saturated rings. The monoisotopic (exact) mass is 337 g/mol. The molecule has 2 rings (SSSR count). The highest BCUT2D eigenvalue weighted by Crippen LogP contribution is 2.31. The van der Waals surface area contributed by atoms with Crippen molar-refractivity contribution < 1.29 is 13.9 Å². The Morgan fingerprint density at radius 2 is 2.04 bits per heavy atom. The normalized spacial score (nSPS) is 24.5. The van der Waals surface area contributed by atoms with Crippen LogP contribution < -0.4 is 5.73 Å². The highest BCUT2D eigenvalue weighted by atomic mass is 19.1. The van der Waals surface area contributed by atoms with E-state index in [2.05, 4.69) is 0 Å². The average Bonchev–Trinajstić information content (AvgIpc) is 2.94. The number of aryl methyl sites for hydroxylation is 1. The first-order chi connectivity index (χ1) is 11.2. The maximum Gasteiger partial charge on any atom is 0.124 e. The van der Waals surface area contributed by atoms with Gasteiger partial charge in [-0.05, 0) is 36.0 Å². The SMILES string of the molecule is CC(C)(CCc1ccc(F)cc1)[C@H](N)C(O)N1C[C@@H](F)C[C@H]1C#N. The Hall–Kier alpha value is -1.55. The zero-order valence-electron chi connectivity index (χ0n) is 14.1. The number of halogens is 2. The third-order valence-corrected chi connectivity index (χ3v) is 4.97. The van der Waals surface area contributed by atoms with Crippen LogP contribution in [-0.4, -0.2) is 41.0 Å². The summed E-state index contributed by atoms with van der Waals surface area (Å²) >= 11 is 0. The molecule has 1 unspecified atom stereocenters.